The third-order valence-electron chi connectivity index (χ3n) is 5.96. The molecule has 1 saturated heterocycles. The number of fused-ring (bicyclic) bond motifs is 1. The van der Waals surface area contributed by atoms with Gasteiger partial charge in [0.05, 0.1) is 0 Å². The van der Waals surface area contributed by atoms with Gasteiger partial charge >= 0.3 is 0 Å². The smallest absolute Gasteiger partial charge is 0.284 e. The number of furan rings is 1. The summed E-state index contributed by atoms with van der Waals surface area (Å²) in [5.74, 6) is 1.88. The van der Waals surface area contributed by atoms with Crippen molar-refractivity contribution in [2.75, 3.05) is 20.6 Å². The Hall–Kier alpha value is -1.82. The number of hydrogen-bond acceptors (Lipinski definition) is 4. The number of nitrogens with two attached hydrogens (primary N) is 1. The van der Waals surface area contributed by atoms with Crippen molar-refractivity contribution in [2.45, 2.75) is 58.0 Å². The highest BCUT2D eigenvalue weighted by atomic mass is 16.4. The molecule has 0 radical (unpaired) electrons. The molecule has 1 saturated carbocycles. The zero-order valence-corrected chi connectivity index (χ0v) is 16.5. The predicted octanol–water partition coefficient (Wildman–Crippen LogP) is 2.36. The highest BCUT2D eigenvalue weighted by Gasteiger charge is 2.41. The van der Waals surface area contributed by atoms with Crippen molar-refractivity contribution in [2.24, 2.45) is 17.6 Å². The molecule has 2 fully saturated rings. The van der Waals surface area contributed by atoms with E-state index in [9.17, 15) is 9.59 Å². The van der Waals surface area contributed by atoms with Crippen LogP contribution < -0.4 is 5.73 Å². The zero-order valence-electron chi connectivity index (χ0n) is 16.5. The fourth-order valence-corrected chi connectivity index (χ4v) is 4.55. The number of piperidine rings is 1. The lowest BCUT2D eigenvalue weighted by molar-refractivity contribution is -0.134. The lowest BCUT2D eigenvalue weighted by atomic mass is 9.88. The molecular formula is C20H31N3O3. The summed E-state index contributed by atoms with van der Waals surface area (Å²) in [6.07, 6.45) is 2.85. The van der Waals surface area contributed by atoms with Gasteiger partial charge in [-0.25, -0.2) is 0 Å². The van der Waals surface area contributed by atoms with Crippen molar-refractivity contribution in [1.29, 1.82) is 0 Å². The van der Waals surface area contributed by atoms with E-state index in [-0.39, 0.29) is 17.1 Å². The Morgan fingerprint density at radius 2 is 2.00 bits per heavy atom. The number of carbonyl (C=O) groups excluding carboxylic acids is 2. The van der Waals surface area contributed by atoms with E-state index in [1.165, 1.54) is 0 Å². The van der Waals surface area contributed by atoms with Crippen molar-refractivity contribution in [3.63, 3.8) is 0 Å². The van der Waals surface area contributed by atoms with Crippen LogP contribution in [-0.4, -0.2) is 48.3 Å². The average Bonchev–Trinajstić information content (AvgIpc) is 3.11. The summed E-state index contributed by atoms with van der Waals surface area (Å²) in [6, 6.07) is 2.24. The van der Waals surface area contributed by atoms with E-state index in [1.807, 2.05) is 11.9 Å². The minimum atomic E-state index is -0.530. The molecular weight excluding hydrogens is 330 g/mol. The largest absolute Gasteiger partial charge is 0.455 e. The van der Waals surface area contributed by atoms with Gasteiger partial charge in [0.25, 0.3) is 5.91 Å². The normalized spacial score (nSPS) is 26.5. The molecule has 0 spiro atoms. The highest BCUT2D eigenvalue weighted by molar-refractivity contribution is 5.90. The minimum absolute atomic E-state index is 0.192. The van der Waals surface area contributed by atoms with Crippen LogP contribution in [0.3, 0.4) is 0 Å². The molecule has 6 nitrogen and oxygen atoms in total. The Morgan fingerprint density at radius 1 is 1.35 bits per heavy atom. The van der Waals surface area contributed by atoms with E-state index in [2.05, 4.69) is 32.7 Å². The number of likely N-dealkylation sites (tertiary alicyclic amines) is 1. The maximum Gasteiger partial charge on any atom is 0.284 e. The molecule has 1 aliphatic carbocycles. The number of hydrogen-bond donors (Lipinski definition) is 1. The lowest BCUT2D eigenvalue weighted by Gasteiger charge is -2.31. The van der Waals surface area contributed by atoms with Crippen LogP contribution in [0.5, 0.6) is 0 Å². The van der Waals surface area contributed by atoms with Crippen LogP contribution in [0.4, 0.5) is 0 Å². The van der Waals surface area contributed by atoms with Crippen molar-refractivity contribution in [3.05, 3.63) is 23.2 Å². The Balaban J connectivity index is 1.73. The number of carbonyl (C=O) groups is 2. The Morgan fingerprint density at radius 3 is 2.62 bits per heavy atom. The van der Waals surface area contributed by atoms with Crippen LogP contribution in [0.1, 0.15) is 61.9 Å². The fraction of sp³-hybridized carbons (Fsp3) is 0.700. The molecule has 0 aromatic carbocycles. The molecule has 6 heteroatoms. The molecule has 0 unspecified atom stereocenters. The molecule has 3 atom stereocenters. The van der Waals surface area contributed by atoms with Gasteiger partial charge < -0.3 is 15.1 Å². The van der Waals surface area contributed by atoms with Crippen molar-refractivity contribution in [3.8, 4) is 0 Å². The van der Waals surface area contributed by atoms with Gasteiger partial charge in [-0.1, -0.05) is 20.8 Å². The summed E-state index contributed by atoms with van der Waals surface area (Å²) in [7, 11) is 4.03. The second-order valence-corrected chi connectivity index (χ2v) is 9.12. The fourth-order valence-electron chi connectivity index (χ4n) is 4.55. The Labute approximate surface area is 155 Å². The predicted molar refractivity (Wildman–Crippen MR) is 99.6 cm³/mol. The SMILES string of the molecule is CN1C[C@H]2C[C@@H](N(C)Cc3cc(C(N)=O)oc3C(C)(C)C)C[C@H]2CC1=O. The monoisotopic (exact) mass is 361 g/mol. The van der Waals surface area contributed by atoms with Gasteiger partial charge in [-0.3, -0.25) is 14.5 Å². The van der Waals surface area contributed by atoms with Crippen LogP contribution >= 0.6 is 0 Å². The first-order valence-corrected chi connectivity index (χ1v) is 9.43. The summed E-state index contributed by atoms with van der Waals surface area (Å²) in [4.78, 5) is 27.7. The van der Waals surface area contributed by atoms with E-state index in [4.69, 9.17) is 10.2 Å². The second kappa shape index (κ2) is 6.72. The quantitative estimate of drug-likeness (QED) is 0.893. The molecule has 1 aromatic rings. The van der Waals surface area contributed by atoms with E-state index >= 15 is 0 Å². The van der Waals surface area contributed by atoms with E-state index in [1.54, 1.807) is 6.07 Å². The highest BCUT2D eigenvalue weighted by Crippen LogP contribution is 2.40. The van der Waals surface area contributed by atoms with Gasteiger partial charge in [0.15, 0.2) is 5.76 Å². The third kappa shape index (κ3) is 3.65. The van der Waals surface area contributed by atoms with Crippen LogP contribution in [0.15, 0.2) is 10.5 Å². The maximum atomic E-state index is 12.0. The number of rotatable bonds is 4. The minimum Gasteiger partial charge on any atom is -0.455 e. The van der Waals surface area contributed by atoms with Crippen LogP contribution in [-0.2, 0) is 16.8 Å². The summed E-state index contributed by atoms with van der Waals surface area (Å²) in [5.41, 5.74) is 6.25. The van der Waals surface area contributed by atoms with Gasteiger partial charge in [-0.05, 0) is 37.8 Å². The third-order valence-corrected chi connectivity index (χ3v) is 5.96. The summed E-state index contributed by atoms with van der Waals surface area (Å²) in [6.45, 7) is 7.82. The lowest BCUT2D eigenvalue weighted by Crippen LogP contribution is -2.39. The van der Waals surface area contributed by atoms with Crippen LogP contribution in [0, 0.1) is 11.8 Å². The Kier molecular flexibility index (Phi) is 4.90. The van der Waals surface area contributed by atoms with E-state index < -0.39 is 5.91 Å². The zero-order chi connectivity index (χ0) is 19.2. The van der Waals surface area contributed by atoms with Crippen LogP contribution in [0.2, 0.25) is 0 Å². The molecule has 2 amide bonds. The van der Waals surface area contributed by atoms with Crippen molar-refractivity contribution in [1.82, 2.24) is 9.80 Å². The van der Waals surface area contributed by atoms with Gasteiger partial charge in [-0.2, -0.15) is 0 Å². The number of nitrogens with zero attached hydrogens (tertiary/aromatic N) is 2. The molecule has 1 aliphatic heterocycles. The molecule has 1 aromatic heterocycles. The van der Waals surface area contributed by atoms with E-state index in [0.717, 1.165) is 37.3 Å². The topological polar surface area (TPSA) is 79.8 Å². The maximum absolute atomic E-state index is 12.0. The molecule has 2 heterocycles. The molecule has 26 heavy (non-hydrogen) atoms. The van der Waals surface area contributed by atoms with Crippen LogP contribution in [0.25, 0.3) is 0 Å². The average molecular weight is 361 g/mol. The van der Waals surface area contributed by atoms with E-state index in [0.29, 0.717) is 24.3 Å². The van der Waals surface area contributed by atoms with Gasteiger partial charge in [-0.15, -0.1) is 0 Å². The van der Waals surface area contributed by atoms with Gasteiger partial charge in [0, 0.05) is 43.6 Å². The standard InChI is InChI=1S/C20H31N3O3/c1-20(2,3)18-14(8-16(26-18)19(21)25)11-22(4)15-6-12-9-17(24)23(5)10-13(12)7-15/h8,12-13,15H,6-7,9-11H2,1-5H3,(H2,21,25)/t12-,13+,15-/m0/s1. The second-order valence-electron chi connectivity index (χ2n) is 9.12. The molecule has 144 valence electrons. The Bertz CT molecular complexity index is 704. The summed E-state index contributed by atoms with van der Waals surface area (Å²) in [5, 5.41) is 0. The molecule has 2 N–H and O–H groups in total. The molecule has 0 bridgehead atoms. The van der Waals surface area contributed by atoms with Gasteiger partial charge in [0.1, 0.15) is 5.76 Å². The van der Waals surface area contributed by atoms with Gasteiger partial charge in [0.2, 0.25) is 5.91 Å². The summed E-state index contributed by atoms with van der Waals surface area (Å²) >= 11 is 0. The number of primary amides is 1. The molecule has 3 rings (SSSR count). The van der Waals surface area contributed by atoms with Crippen molar-refractivity contribution >= 4 is 11.8 Å². The van der Waals surface area contributed by atoms with Crippen molar-refractivity contribution < 1.29 is 14.0 Å². The summed E-state index contributed by atoms with van der Waals surface area (Å²) < 4.78 is 5.77. The first kappa shape index (κ1) is 19.0. The molecule has 2 aliphatic rings. The first-order chi connectivity index (χ1) is 12.1. The number of amides is 2. The first-order valence-electron chi connectivity index (χ1n) is 9.43.